The number of fused-ring (bicyclic) bond motifs is 1. The Morgan fingerprint density at radius 3 is 2.82 bits per heavy atom. The van der Waals surface area contributed by atoms with Gasteiger partial charge in [-0.2, -0.15) is 0 Å². The quantitative estimate of drug-likeness (QED) is 0.211. The minimum absolute atomic E-state index is 0.232. The van der Waals surface area contributed by atoms with Crippen LogP contribution in [0.2, 0.25) is 0 Å². The Bertz CT molecular complexity index is 1150. The number of para-hydroxylation sites is 1. The Kier molecular flexibility index (Phi) is 7.49. The van der Waals surface area contributed by atoms with E-state index < -0.39 is 12.1 Å². The number of allylic oxidation sites excluding steroid dienone is 1. The Balaban J connectivity index is 1.37. The van der Waals surface area contributed by atoms with E-state index in [1.54, 1.807) is 42.5 Å². The molecule has 1 unspecified atom stereocenters. The first-order valence-electron chi connectivity index (χ1n) is 11.1. The van der Waals surface area contributed by atoms with Gasteiger partial charge in [-0.15, -0.1) is 5.10 Å². The minimum atomic E-state index is -0.532. The van der Waals surface area contributed by atoms with Crippen LogP contribution in [0.5, 0.6) is 17.2 Å². The lowest BCUT2D eigenvalue weighted by molar-refractivity contribution is -0.129. The number of anilines is 1. The SMILES string of the molecule is CCCCCC=CC(=O)Oc1ccc(C(=O)Nc2cccc3c2OC(c2nnn[nH]2)CO3)cc1. The normalized spacial score (nSPS) is 14.7. The summed E-state index contributed by atoms with van der Waals surface area (Å²) in [5, 5.41) is 16.5. The second-order valence-electron chi connectivity index (χ2n) is 7.63. The van der Waals surface area contributed by atoms with Crippen LogP contribution in [0.3, 0.4) is 0 Å². The van der Waals surface area contributed by atoms with Crippen LogP contribution in [0.4, 0.5) is 5.69 Å². The number of unbranched alkanes of at least 4 members (excludes halogenated alkanes) is 3. The molecule has 3 aromatic rings. The first-order chi connectivity index (χ1) is 16.6. The van der Waals surface area contributed by atoms with Crippen molar-refractivity contribution in [1.82, 2.24) is 20.6 Å². The summed E-state index contributed by atoms with van der Waals surface area (Å²) in [7, 11) is 0. The zero-order chi connectivity index (χ0) is 23.8. The number of carbonyl (C=O) groups is 2. The molecular weight excluding hydrogens is 438 g/mol. The van der Waals surface area contributed by atoms with Gasteiger partial charge in [0.05, 0.1) is 5.69 Å². The summed E-state index contributed by atoms with van der Waals surface area (Å²) in [6.07, 6.45) is 6.87. The lowest BCUT2D eigenvalue weighted by Gasteiger charge is -2.26. The van der Waals surface area contributed by atoms with Gasteiger partial charge in [-0.25, -0.2) is 9.89 Å². The van der Waals surface area contributed by atoms with E-state index in [1.807, 2.05) is 6.08 Å². The van der Waals surface area contributed by atoms with Gasteiger partial charge in [-0.3, -0.25) is 4.79 Å². The Morgan fingerprint density at radius 1 is 1.21 bits per heavy atom. The molecule has 0 saturated heterocycles. The molecule has 34 heavy (non-hydrogen) atoms. The van der Waals surface area contributed by atoms with Crippen LogP contribution < -0.4 is 19.5 Å². The van der Waals surface area contributed by atoms with E-state index in [0.717, 1.165) is 25.7 Å². The summed E-state index contributed by atoms with van der Waals surface area (Å²) < 4.78 is 17.0. The van der Waals surface area contributed by atoms with E-state index in [2.05, 4.69) is 32.9 Å². The summed E-state index contributed by atoms with van der Waals surface area (Å²) >= 11 is 0. The maximum absolute atomic E-state index is 12.8. The van der Waals surface area contributed by atoms with Gasteiger partial charge in [0.25, 0.3) is 5.91 Å². The maximum Gasteiger partial charge on any atom is 0.335 e. The van der Waals surface area contributed by atoms with Crippen LogP contribution >= 0.6 is 0 Å². The Labute approximate surface area is 196 Å². The number of nitrogens with zero attached hydrogens (tertiary/aromatic N) is 3. The summed E-state index contributed by atoms with van der Waals surface area (Å²) in [6, 6.07) is 11.5. The van der Waals surface area contributed by atoms with Gasteiger partial charge in [0.1, 0.15) is 12.4 Å². The second kappa shape index (κ2) is 11.1. The van der Waals surface area contributed by atoms with Crippen LogP contribution in [0.1, 0.15) is 54.9 Å². The van der Waals surface area contributed by atoms with Gasteiger partial charge in [0, 0.05) is 11.6 Å². The van der Waals surface area contributed by atoms with Crippen molar-refractivity contribution in [2.24, 2.45) is 0 Å². The fraction of sp³-hybridized carbons (Fsp3) is 0.292. The molecule has 2 N–H and O–H groups in total. The number of ether oxygens (including phenoxy) is 3. The number of esters is 1. The molecule has 1 aliphatic heterocycles. The first-order valence-corrected chi connectivity index (χ1v) is 11.1. The van der Waals surface area contributed by atoms with E-state index in [4.69, 9.17) is 14.2 Å². The van der Waals surface area contributed by atoms with Gasteiger partial charge in [0.2, 0.25) is 0 Å². The van der Waals surface area contributed by atoms with Crippen molar-refractivity contribution < 1.29 is 23.8 Å². The lowest BCUT2D eigenvalue weighted by atomic mass is 10.2. The molecule has 176 valence electrons. The zero-order valence-electron chi connectivity index (χ0n) is 18.7. The smallest absolute Gasteiger partial charge is 0.335 e. The number of carbonyl (C=O) groups excluding carboxylic acids is 2. The highest BCUT2D eigenvalue weighted by molar-refractivity contribution is 6.05. The molecule has 1 aliphatic rings. The van der Waals surface area contributed by atoms with E-state index in [1.165, 1.54) is 6.08 Å². The molecular formula is C24H25N5O5. The molecule has 2 aromatic carbocycles. The number of H-pyrrole nitrogens is 1. The molecule has 1 atom stereocenters. The molecule has 0 aliphatic carbocycles. The maximum atomic E-state index is 12.8. The number of aromatic amines is 1. The summed E-state index contributed by atoms with van der Waals surface area (Å²) in [5.41, 5.74) is 0.837. The van der Waals surface area contributed by atoms with Crippen molar-refractivity contribution in [1.29, 1.82) is 0 Å². The highest BCUT2D eigenvalue weighted by atomic mass is 16.6. The number of benzene rings is 2. The van der Waals surface area contributed by atoms with Gasteiger partial charge >= 0.3 is 5.97 Å². The van der Waals surface area contributed by atoms with Crippen molar-refractivity contribution in [2.75, 3.05) is 11.9 Å². The average molecular weight is 463 g/mol. The average Bonchev–Trinajstić information content (AvgIpc) is 3.39. The summed E-state index contributed by atoms with van der Waals surface area (Å²) in [6.45, 7) is 2.36. The third-order valence-corrected chi connectivity index (χ3v) is 5.11. The standard InChI is InChI=1S/C24H25N5O5/c1-2-3-4-5-6-10-21(30)33-17-13-11-16(12-14-17)24(31)25-18-8-7-9-19-22(18)34-20(15-32-19)23-26-28-29-27-23/h6-14,20H,2-5,15H2,1H3,(H,25,31)(H,26,27,28,29). The molecule has 0 fully saturated rings. The molecule has 10 heteroatoms. The van der Waals surface area contributed by atoms with Crippen molar-refractivity contribution in [3.63, 3.8) is 0 Å². The number of rotatable bonds is 9. The van der Waals surface area contributed by atoms with E-state index in [0.29, 0.717) is 34.3 Å². The van der Waals surface area contributed by atoms with Gasteiger partial charge in [0.15, 0.2) is 23.4 Å². The van der Waals surface area contributed by atoms with Crippen molar-refractivity contribution >= 4 is 17.6 Å². The molecule has 2 heterocycles. The van der Waals surface area contributed by atoms with Gasteiger partial charge in [-0.1, -0.05) is 31.9 Å². The monoisotopic (exact) mass is 463 g/mol. The number of aromatic nitrogens is 4. The van der Waals surface area contributed by atoms with Crippen LogP contribution in [-0.4, -0.2) is 39.1 Å². The molecule has 0 saturated carbocycles. The van der Waals surface area contributed by atoms with Crippen molar-refractivity contribution in [3.05, 3.63) is 66.0 Å². The van der Waals surface area contributed by atoms with Crippen molar-refractivity contribution in [3.8, 4) is 17.2 Å². The molecule has 4 rings (SSSR count). The molecule has 0 spiro atoms. The third-order valence-electron chi connectivity index (χ3n) is 5.11. The topological polar surface area (TPSA) is 128 Å². The number of tetrazole rings is 1. The number of nitrogens with one attached hydrogen (secondary N) is 2. The second-order valence-corrected chi connectivity index (χ2v) is 7.63. The molecule has 0 bridgehead atoms. The lowest BCUT2D eigenvalue weighted by Crippen LogP contribution is -2.24. The molecule has 10 nitrogen and oxygen atoms in total. The predicted molar refractivity (Wildman–Crippen MR) is 123 cm³/mol. The van der Waals surface area contributed by atoms with E-state index >= 15 is 0 Å². The van der Waals surface area contributed by atoms with Crippen LogP contribution in [0.15, 0.2) is 54.6 Å². The van der Waals surface area contributed by atoms with Crippen LogP contribution in [0, 0.1) is 0 Å². The molecule has 1 amide bonds. The number of amides is 1. The molecule has 1 aromatic heterocycles. The van der Waals surface area contributed by atoms with Crippen LogP contribution in [0.25, 0.3) is 0 Å². The van der Waals surface area contributed by atoms with E-state index in [-0.39, 0.29) is 12.5 Å². The third kappa shape index (κ3) is 5.77. The largest absolute Gasteiger partial charge is 0.485 e. The van der Waals surface area contributed by atoms with Crippen molar-refractivity contribution in [2.45, 2.75) is 38.7 Å². The first kappa shape index (κ1) is 23.0. The highest BCUT2D eigenvalue weighted by Crippen LogP contribution is 2.41. The number of hydrogen-bond donors (Lipinski definition) is 2. The summed E-state index contributed by atoms with van der Waals surface area (Å²) in [5.74, 6) is 0.878. The highest BCUT2D eigenvalue weighted by Gasteiger charge is 2.28. The van der Waals surface area contributed by atoms with E-state index in [9.17, 15) is 9.59 Å². The fourth-order valence-corrected chi connectivity index (χ4v) is 3.34. The van der Waals surface area contributed by atoms with Gasteiger partial charge < -0.3 is 19.5 Å². The Hall–Kier alpha value is -4.21. The number of hydrogen-bond acceptors (Lipinski definition) is 8. The Morgan fingerprint density at radius 2 is 2.06 bits per heavy atom. The minimum Gasteiger partial charge on any atom is -0.485 e. The predicted octanol–water partition coefficient (Wildman–Crippen LogP) is 4.01. The van der Waals surface area contributed by atoms with Gasteiger partial charge in [-0.05, 0) is 59.7 Å². The summed E-state index contributed by atoms with van der Waals surface area (Å²) in [4.78, 5) is 24.7. The molecule has 0 radical (unpaired) electrons. The fourth-order valence-electron chi connectivity index (χ4n) is 3.34. The zero-order valence-corrected chi connectivity index (χ0v) is 18.7. The van der Waals surface area contributed by atoms with Crippen LogP contribution in [-0.2, 0) is 4.79 Å².